The van der Waals surface area contributed by atoms with E-state index in [4.69, 9.17) is 4.74 Å². The van der Waals surface area contributed by atoms with Crippen LogP contribution < -0.4 is 5.32 Å². The maximum atomic E-state index is 5.54. The molecule has 2 aliphatic carbocycles. The molecule has 0 aromatic rings. The van der Waals surface area contributed by atoms with Gasteiger partial charge in [-0.05, 0) is 50.4 Å². The van der Waals surface area contributed by atoms with E-state index in [-0.39, 0.29) is 0 Å². The van der Waals surface area contributed by atoms with Crippen molar-refractivity contribution in [1.82, 2.24) is 10.2 Å². The molecule has 0 aromatic heterocycles. The number of ether oxygens (including phenoxy) is 1. The molecule has 1 spiro atoms. The Kier molecular flexibility index (Phi) is 3.78. The first-order valence-electron chi connectivity index (χ1n) is 8.92. The van der Waals surface area contributed by atoms with E-state index in [9.17, 15) is 0 Å². The minimum absolute atomic E-state index is 0.483. The molecule has 3 heteroatoms. The summed E-state index contributed by atoms with van der Waals surface area (Å²) in [5.41, 5.74) is 0.483. The van der Waals surface area contributed by atoms with Crippen LogP contribution in [-0.2, 0) is 4.74 Å². The van der Waals surface area contributed by atoms with Crippen molar-refractivity contribution in [3.63, 3.8) is 0 Å². The summed E-state index contributed by atoms with van der Waals surface area (Å²) in [5, 5.41) is 3.97. The highest BCUT2D eigenvalue weighted by molar-refractivity contribution is 5.04. The van der Waals surface area contributed by atoms with Crippen LogP contribution in [0.1, 0.15) is 51.4 Å². The molecule has 2 saturated heterocycles. The Morgan fingerprint density at radius 3 is 2.50 bits per heavy atom. The molecular weight excluding hydrogens is 248 g/mol. The third kappa shape index (κ3) is 2.77. The van der Waals surface area contributed by atoms with Gasteiger partial charge >= 0.3 is 0 Å². The maximum absolute atomic E-state index is 5.54. The Labute approximate surface area is 123 Å². The highest BCUT2D eigenvalue weighted by Gasteiger charge is 2.45. The largest absolute Gasteiger partial charge is 0.381 e. The Hall–Kier alpha value is -0.120. The van der Waals surface area contributed by atoms with Crippen LogP contribution in [0.3, 0.4) is 0 Å². The van der Waals surface area contributed by atoms with Gasteiger partial charge in [0, 0.05) is 44.4 Å². The Morgan fingerprint density at radius 2 is 1.80 bits per heavy atom. The van der Waals surface area contributed by atoms with Gasteiger partial charge in [0.15, 0.2) is 0 Å². The normalized spacial score (nSPS) is 35.7. The molecule has 2 saturated carbocycles. The van der Waals surface area contributed by atoms with Crippen molar-refractivity contribution in [3.8, 4) is 0 Å². The molecule has 4 fully saturated rings. The quantitative estimate of drug-likeness (QED) is 0.858. The van der Waals surface area contributed by atoms with E-state index in [1.165, 1.54) is 71.0 Å². The van der Waals surface area contributed by atoms with Crippen LogP contribution in [0.15, 0.2) is 0 Å². The van der Waals surface area contributed by atoms with Gasteiger partial charge < -0.3 is 10.1 Å². The lowest BCUT2D eigenvalue weighted by Gasteiger charge is -2.48. The molecule has 0 bridgehead atoms. The van der Waals surface area contributed by atoms with Crippen molar-refractivity contribution in [2.75, 3.05) is 32.8 Å². The first-order chi connectivity index (χ1) is 9.85. The van der Waals surface area contributed by atoms with Crippen molar-refractivity contribution in [3.05, 3.63) is 0 Å². The molecule has 20 heavy (non-hydrogen) atoms. The molecule has 4 rings (SSSR count). The van der Waals surface area contributed by atoms with Crippen LogP contribution >= 0.6 is 0 Å². The molecule has 0 amide bonds. The molecule has 1 N–H and O–H groups in total. The topological polar surface area (TPSA) is 24.5 Å². The fourth-order valence-electron chi connectivity index (χ4n) is 4.81. The lowest BCUT2D eigenvalue weighted by atomic mass is 9.89. The van der Waals surface area contributed by atoms with Crippen LogP contribution in [0.5, 0.6) is 0 Å². The van der Waals surface area contributed by atoms with Crippen LogP contribution in [-0.4, -0.2) is 49.3 Å². The zero-order valence-corrected chi connectivity index (χ0v) is 12.8. The number of hydrogen-bond acceptors (Lipinski definition) is 3. The number of nitrogens with one attached hydrogen (secondary N) is 1. The summed E-state index contributed by atoms with van der Waals surface area (Å²) in [6.07, 6.45) is 11.2. The average molecular weight is 278 g/mol. The van der Waals surface area contributed by atoms with Crippen molar-refractivity contribution >= 4 is 0 Å². The van der Waals surface area contributed by atoms with Crippen LogP contribution in [0.4, 0.5) is 0 Å². The molecule has 114 valence electrons. The number of nitrogens with zero attached hydrogens (tertiary/aromatic N) is 1. The highest BCUT2D eigenvalue weighted by atomic mass is 16.5. The number of rotatable bonds is 3. The summed E-state index contributed by atoms with van der Waals surface area (Å²) >= 11 is 0. The van der Waals surface area contributed by atoms with E-state index in [0.29, 0.717) is 5.54 Å². The SMILES string of the molecule is C1CCC2(C1)CN(CC1CCOCC1)C(C1CC1)CN2. The van der Waals surface area contributed by atoms with Crippen LogP contribution in [0.25, 0.3) is 0 Å². The van der Waals surface area contributed by atoms with Gasteiger partial charge in [0.2, 0.25) is 0 Å². The van der Waals surface area contributed by atoms with E-state index < -0.39 is 0 Å². The third-order valence-corrected chi connectivity index (χ3v) is 6.22. The molecule has 0 radical (unpaired) electrons. The van der Waals surface area contributed by atoms with E-state index in [2.05, 4.69) is 10.2 Å². The molecule has 3 nitrogen and oxygen atoms in total. The van der Waals surface area contributed by atoms with Gasteiger partial charge in [0.05, 0.1) is 0 Å². The summed E-state index contributed by atoms with van der Waals surface area (Å²) in [6, 6.07) is 0.837. The van der Waals surface area contributed by atoms with Crippen molar-refractivity contribution < 1.29 is 4.74 Å². The van der Waals surface area contributed by atoms with Gasteiger partial charge in [-0.2, -0.15) is 0 Å². The summed E-state index contributed by atoms with van der Waals surface area (Å²) in [5.74, 6) is 1.89. The van der Waals surface area contributed by atoms with Gasteiger partial charge in [0.25, 0.3) is 0 Å². The van der Waals surface area contributed by atoms with Crippen LogP contribution in [0, 0.1) is 11.8 Å². The summed E-state index contributed by atoms with van der Waals surface area (Å²) < 4.78 is 5.54. The second-order valence-electron chi connectivity index (χ2n) is 7.76. The van der Waals surface area contributed by atoms with Crippen molar-refractivity contribution in [2.45, 2.75) is 62.9 Å². The van der Waals surface area contributed by atoms with Gasteiger partial charge in [0.1, 0.15) is 0 Å². The van der Waals surface area contributed by atoms with E-state index in [0.717, 1.165) is 31.1 Å². The maximum Gasteiger partial charge on any atom is 0.0469 e. The first-order valence-corrected chi connectivity index (χ1v) is 8.92. The summed E-state index contributed by atoms with van der Waals surface area (Å²) in [4.78, 5) is 2.90. The molecule has 0 aromatic carbocycles. The molecule has 1 unspecified atom stereocenters. The van der Waals surface area contributed by atoms with Crippen molar-refractivity contribution in [2.24, 2.45) is 11.8 Å². The highest BCUT2D eigenvalue weighted by Crippen LogP contribution is 2.41. The monoisotopic (exact) mass is 278 g/mol. The molecule has 2 aliphatic heterocycles. The lowest BCUT2D eigenvalue weighted by molar-refractivity contribution is 0.0174. The van der Waals surface area contributed by atoms with Gasteiger partial charge in [-0.15, -0.1) is 0 Å². The fraction of sp³-hybridized carbons (Fsp3) is 1.00. The third-order valence-electron chi connectivity index (χ3n) is 6.22. The smallest absolute Gasteiger partial charge is 0.0469 e. The molecule has 2 heterocycles. The second-order valence-corrected chi connectivity index (χ2v) is 7.76. The van der Waals surface area contributed by atoms with E-state index in [1.807, 2.05) is 0 Å². The Morgan fingerprint density at radius 1 is 1.05 bits per heavy atom. The predicted molar refractivity (Wildman–Crippen MR) is 80.8 cm³/mol. The Balaban J connectivity index is 1.43. The zero-order chi connectivity index (χ0) is 13.4. The van der Waals surface area contributed by atoms with Crippen LogP contribution in [0.2, 0.25) is 0 Å². The first kappa shape index (κ1) is 13.5. The average Bonchev–Trinajstić information content (AvgIpc) is 3.22. The lowest BCUT2D eigenvalue weighted by Crippen LogP contribution is -2.64. The minimum Gasteiger partial charge on any atom is -0.381 e. The molecule has 4 aliphatic rings. The Bertz CT molecular complexity index is 330. The molecule has 1 atom stereocenters. The standard InChI is InChI=1S/C17H30N2O/c1-2-8-17(7-1)13-19(12-14-5-9-20-10-6-14)16(11-18-17)15-3-4-15/h14-16,18H,1-13H2. The fourth-order valence-corrected chi connectivity index (χ4v) is 4.81. The summed E-state index contributed by atoms with van der Waals surface area (Å²) in [6.45, 7) is 5.92. The summed E-state index contributed by atoms with van der Waals surface area (Å²) in [7, 11) is 0. The molecular formula is C17H30N2O. The van der Waals surface area contributed by atoms with E-state index in [1.54, 1.807) is 0 Å². The van der Waals surface area contributed by atoms with Gasteiger partial charge in [-0.1, -0.05) is 12.8 Å². The van der Waals surface area contributed by atoms with Gasteiger partial charge in [-0.25, -0.2) is 0 Å². The van der Waals surface area contributed by atoms with Crippen molar-refractivity contribution in [1.29, 1.82) is 0 Å². The van der Waals surface area contributed by atoms with Gasteiger partial charge in [-0.3, -0.25) is 4.90 Å². The number of hydrogen-bond donors (Lipinski definition) is 1. The zero-order valence-electron chi connectivity index (χ0n) is 12.8. The number of piperazine rings is 1. The predicted octanol–water partition coefficient (Wildman–Crippen LogP) is 2.41. The van der Waals surface area contributed by atoms with E-state index >= 15 is 0 Å². The minimum atomic E-state index is 0.483. The second kappa shape index (κ2) is 5.58.